The Labute approximate surface area is 83.9 Å². The number of ether oxygens (including phenoxy) is 2. The topological polar surface area (TPSA) is 21.7 Å². The Morgan fingerprint density at radius 2 is 1.77 bits per heavy atom. The van der Waals surface area contributed by atoms with Crippen molar-refractivity contribution in [1.29, 1.82) is 0 Å². The summed E-state index contributed by atoms with van der Waals surface area (Å²) in [5.74, 6) is 0.484. The summed E-state index contributed by atoms with van der Waals surface area (Å²) in [5, 5.41) is 0. The van der Waals surface area contributed by atoms with Gasteiger partial charge in [-0.2, -0.15) is 0 Å². The summed E-state index contributed by atoms with van der Waals surface area (Å²) in [7, 11) is 0. The molecule has 0 aromatic carbocycles. The van der Waals surface area contributed by atoms with Crippen LogP contribution in [-0.2, 0) is 9.47 Å². The van der Waals surface area contributed by atoms with Crippen LogP contribution in [0.25, 0.3) is 0 Å². The Kier molecular flexibility index (Phi) is 3.09. The van der Waals surface area contributed by atoms with Crippen LogP contribution < -0.4 is 0 Å². The summed E-state index contributed by atoms with van der Waals surface area (Å²) >= 11 is 5.68. The van der Waals surface area contributed by atoms with Gasteiger partial charge in [0, 0.05) is 38.4 Å². The van der Waals surface area contributed by atoms with E-state index in [9.17, 15) is 0 Å². The minimum Gasteiger partial charge on any atom is -0.347 e. The fourth-order valence-corrected chi connectivity index (χ4v) is 2.26. The normalized spacial score (nSPS) is 28.4. The van der Waals surface area contributed by atoms with Crippen LogP contribution in [0.15, 0.2) is 0 Å². The predicted octanol–water partition coefficient (Wildman–Crippen LogP) is 1.06. The second-order valence-electron chi connectivity index (χ2n) is 3.64. The zero-order chi connectivity index (χ0) is 9.15. The highest BCUT2D eigenvalue weighted by molar-refractivity contribution is 6.18. The first-order valence-electron chi connectivity index (χ1n) is 4.91. The van der Waals surface area contributed by atoms with Crippen molar-refractivity contribution in [2.45, 2.75) is 18.6 Å². The van der Waals surface area contributed by atoms with E-state index in [1.807, 2.05) is 0 Å². The van der Waals surface area contributed by atoms with E-state index < -0.39 is 0 Å². The maximum absolute atomic E-state index is 5.68. The lowest BCUT2D eigenvalue weighted by Gasteiger charge is -2.37. The molecule has 3 nitrogen and oxygen atoms in total. The van der Waals surface area contributed by atoms with Crippen molar-refractivity contribution < 1.29 is 9.47 Å². The van der Waals surface area contributed by atoms with E-state index in [1.165, 1.54) is 0 Å². The number of halogens is 1. The fourth-order valence-electron chi connectivity index (χ4n) is 2.02. The van der Waals surface area contributed by atoms with Crippen molar-refractivity contribution in [3.05, 3.63) is 0 Å². The molecule has 1 spiro atoms. The van der Waals surface area contributed by atoms with Gasteiger partial charge >= 0.3 is 0 Å². The zero-order valence-corrected chi connectivity index (χ0v) is 8.55. The molecule has 0 saturated carbocycles. The molecule has 2 heterocycles. The summed E-state index contributed by atoms with van der Waals surface area (Å²) in [6, 6.07) is 0. The molecule has 2 aliphatic heterocycles. The number of nitrogens with zero attached hydrogens (tertiary/aromatic N) is 1. The van der Waals surface area contributed by atoms with Gasteiger partial charge in [0.15, 0.2) is 5.79 Å². The van der Waals surface area contributed by atoms with Crippen molar-refractivity contribution in [3.63, 3.8) is 0 Å². The summed E-state index contributed by atoms with van der Waals surface area (Å²) in [4.78, 5) is 2.36. The molecule has 0 N–H and O–H groups in total. The Balaban J connectivity index is 1.81. The molecule has 0 radical (unpaired) electrons. The molecule has 0 amide bonds. The molecular weight excluding hydrogens is 190 g/mol. The van der Waals surface area contributed by atoms with E-state index in [2.05, 4.69) is 4.90 Å². The third kappa shape index (κ3) is 2.15. The van der Waals surface area contributed by atoms with Crippen molar-refractivity contribution >= 4 is 11.6 Å². The lowest BCUT2D eigenvalue weighted by atomic mass is 10.0. The quantitative estimate of drug-likeness (QED) is 0.630. The molecule has 0 atom stereocenters. The highest BCUT2D eigenvalue weighted by Gasteiger charge is 2.39. The SMILES string of the molecule is ClCCN1CCC2(CC1)OCCO2. The van der Waals surface area contributed by atoms with E-state index >= 15 is 0 Å². The third-order valence-corrected chi connectivity index (χ3v) is 3.00. The predicted molar refractivity (Wildman–Crippen MR) is 51.0 cm³/mol. The standard InChI is InChI=1S/C9H16ClNO2/c10-3-6-11-4-1-9(2-5-11)12-7-8-13-9/h1-8H2. The second-order valence-corrected chi connectivity index (χ2v) is 4.02. The number of rotatable bonds is 2. The van der Waals surface area contributed by atoms with Gasteiger partial charge in [0.05, 0.1) is 13.2 Å². The summed E-state index contributed by atoms with van der Waals surface area (Å²) < 4.78 is 11.3. The Bertz CT molecular complexity index is 161. The molecule has 2 aliphatic rings. The van der Waals surface area contributed by atoms with Crippen LogP contribution in [0.4, 0.5) is 0 Å². The van der Waals surface area contributed by atoms with Gasteiger partial charge < -0.3 is 14.4 Å². The zero-order valence-electron chi connectivity index (χ0n) is 7.80. The average Bonchev–Trinajstić information content (AvgIpc) is 2.59. The maximum Gasteiger partial charge on any atom is 0.170 e. The second kappa shape index (κ2) is 4.13. The molecule has 2 fully saturated rings. The van der Waals surface area contributed by atoms with Gasteiger partial charge in [0.1, 0.15) is 0 Å². The van der Waals surface area contributed by atoms with Gasteiger partial charge in [-0.1, -0.05) is 0 Å². The largest absolute Gasteiger partial charge is 0.347 e. The van der Waals surface area contributed by atoms with Crippen molar-refractivity contribution in [2.24, 2.45) is 0 Å². The van der Waals surface area contributed by atoms with Crippen LogP contribution in [-0.4, -0.2) is 49.4 Å². The number of likely N-dealkylation sites (tertiary alicyclic amines) is 1. The van der Waals surface area contributed by atoms with E-state index in [-0.39, 0.29) is 5.79 Å². The van der Waals surface area contributed by atoms with Gasteiger partial charge in [0.25, 0.3) is 0 Å². The van der Waals surface area contributed by atoms with Gasteiger partial charge in [-0.15, -0.1) is 11.6 Å². The van der Waals surface area contributed by atoms with Crippen molar-refractivity contribution in [1.82, 2.24) is 4.90 Å². The first-order valence-corrected chi connectivity index (χ1v) is 5.44. The van der Waals surface area contributed by atoms with Gasteiger partial charge in [-0.05, 0) is 0 Å². The number of piperidine rings is 1. The van der Waals surface area contributed by atoms with Gasteiger partial charge in [-0.25, -0.2) is 0 Å². The van der Waals surface area contributed by atoms with E-state index in [0.717, 1.165) is 45.7 Å². The van der Waals surface area contributed by atoms with Crippen LogP contribution in [0.3, 0.4) is 0 Å². The van der Waals surface area contributed by atoms with Crippen LogP contribution >= 0.6 is 11.6 Å². The van der Waals surface area contributed by atoms with Gasteiger partial charge in [-0.3, -0.25) is 0 Å². The van der Waals surface area contributed by atoms with E-state index in [4.69, 9.17) is 21.1 Å². The van der Waals surface area contributed by atoms with Crippen molar-refractivity contribution in [3.8, 4) is 0 Å². The molecule has 0 unspecified atom stereocenters. The first kappa shape index (κ1) is 9.71. The minimum atomic E-state index is -0.233. The Hall–Kier alpha value is 0.170. The Morgan fingerprint density at radius 3 is 2.31 bits per heavy atom. The molecule has 4 heteroatoms. The number of hydrogen-bond acceptors (Lipinski definition) is 3. The molecule has 0 aromatic rings. The molecule has 76 valence electrons. The first-order chi connectivity index (χ1) is 6.35. The third-order valence-electron chi connectivity index (χ3n) is 2.83. The molecule has 2 saturated heterocycles. The molecule has 2 rings (SSSR count). The van der Waals surface area contributed by atoms with Crippen LogP contribution in [0, 0.1) is 0 Å². The summed E-state index contributed by atoms with van der Waals surface area (Å²) in [6.07, 6.45) is 1.98. The van der Waals surface area contributed by atoms with Crippen LogP contribution in [0.1, 0.15) is 12.8 Å². The lowest BCUT2D eigenvalue weighted by Crippen LogP contribution is -2.45. The Morgan fingerprint density at radius 1 is 1.15 bits per heavy atom. The molecule has 13 heavy (non-hydrogen) atoms. The molecule has 0 bridgehead atoms. The van der Waals surface area contributed by atoms with Gasteiger partial charge in [0.2, 0.25) is 0 Å². The highest BCUT2D eigenvalue weighted by atomic mass is 35.5. The summed E-state index contributed by atoms with van der Waals surface area (Å²) in [5.41, 5.74) is 0. The number of alkyl halides is 1. The monoisotopic (exact) mass is 205 g/mol. The molecular formula is C9H16ClNO2. The fraction of sp³-hybridized carbons (Fsp3) is 1.00. The highest BCUT2D eigenvalue weighted by Crippen LogP contribution is 2.30. The average molecular weight is 206 g/mol. The van der Waals surface area contributed by atoms with E-state index in [0.29, 0.717) is 5.88 Å². The molecule has 0 aromatic heterocycles. The van der Waals surface area contributed by atoms with E-state index in [1.54, 1.807) is 0 Å². The van der Waals surface area contributed by atoms with Crippen LogP contribution in [0.5, 0.6) is 0 Å². The summed E-state index contributed by atoms with van der Waals surface area (Å²) in [6.45, 7) is 4.60. The maximum atomic E-state index is 5.68. The molecule has 0 aliphatic carbocycles. The minimum absolute atomic E-state index is 0.233. The number of hydrogen-bond donors (Lipinski definition) is 0. The smallest absolute Gasteiger partial charge is 0.170 e. The van der Waals surface area contributed by atoms with Crippen molar-refractivity contribution in [2.75, 3.05) is 38.7 Å². The van der Waals surface area contributed by atoms with Crippen LogP contribution in [0.2, 0.25) is 0 Å². The lowest BCUT2D eigenvalue weighted by molar-refractivity contribution is -0.184.